The molecule has 1 amide bonds. The van der Waals surface area contributed by atoms with E-state index in [1.165, 1.54) is 6.92 Å². The highest BCUT2D eigenvalue weighted by atomic mass is 16.3. The average Bonchev–Trinajstić information content (AvgIpc) is 2.15. The van der Waals surface area contributed by atoms with Gasteiger partial charge in [-0.05, 0) is 5.56 Å². The molecule has 0 heterocycles. The number of carbonyl (C=O) groups excluding carboxylic acids is 1. The van der Waals surface area contributed by atoms with Gasteiger partial charge in [0.15, 0.2) is 0 Å². The third kappa shape index (κ3) is 2.87. The van der Waals surface area contributed by atoms with Crippen molar-refractivity contribution in [1.29, 1.82) is 0 Å². The number of aliphatic hydroxyl groups excluding tert-OH is 1. The van der Waals surface area contributed by atoms with E-state index < -0.39 is 0 Å². The van der Waals surface area contributed by atoms with E-state index in [1.54, 1.807) is 0 Å². The number of amides is 1. The van der Waals surface area contributed by atoms with Crippen LogP contribution in [0.2, 0.25) is 0 Å². The van der Waals surface area contributed by atoms with Crippen molar-refractivity contribution in [3.8, 4) is 0 Å². The summed E-state index contributed by atoms with van der Waals surface area (Å²) in [5.41, 5.74) is 0.834. The van der Waals surface area contributed by atoms with E-state index in [2.05, 4.69) is 5.32 Å². The van der Waals surface area contributed by atoms with Crippen molar-refractivity contribution in [3.63, 3.8) is 0 Å². The van der Waals surface area contributed by atoms with Gasteiger partial charge in [0.25, 0.3) is 0 Å². The molecule has 0 saturated heterocycles. The van der Waals surface area contributed by atoms with Crippen LogP contribution in [-0.2, 0) is 4.79 Å². The number of rotatable bonds is 3. The Morgan fingerprint density at radius 1 is 1.38 bits per heavy atom. The van der Waals surface area contributed by atoms with Crippen molar-refractivity contribution >= 4 is 5.91 Å². The van der Waals surface area contributed by atoms with E-state index in [4.69, 9.17) is 5.11 Å². The normalized spacial score (nSPS) is 10.1. The van der Waals surface area contributed by atoms with Gasteiger partial charge in [0.05, 0.1) is 6.61 Å². The van der Waals surface area contributed by atoms with E-state index in [1.807, 2.05) is 30.3 Å². The highest BCUT2D eigenvalue weighted by molar-refractivity contribution is 5.75. The van der Waals surface area contributed by atoms with Crippen LogP contribution in [0.3, 0.4) is 0 Å². The predicted octanol–water partition coefficient (Wildman–Crippen LogP) is 0.695. The zero-order valence-corrected chi connectivity index (χ0v) is 7.45. The van der Waals surface area contributed by atoms with Crippen molar-refractivity contribution in [2.24, 2.45) is 0 Å². The van der Waals surface area contributed by atoms with Crippen LogP contribution >= 0.6 is 0 Å². The largest absolute Gasteiger partial charge is 0.393 e. The van der Waals surface area contributed by atoms with Gasteiger partial charge in [-0.15, -0.1) is 0 Å². The maximum absolute atomic E-state index is 10.7. The van der Waals surface area contributed by atoms with Crippen molar-refractivity contribution < 1.29 is 9.90 Å². The van der Waals surface area contributed by atoms with E-state index >= 15 is 0 Å². The van der Waals surface area contributed by atoms with Gasteiger partial charge in [-0.2, -0.15) is 0 Å². The lowest BCUT2D eigenvalue weighted by Crippen LogP contribution is -2.29. The summed E-state index contributed by atoms with van der Waals surface area (Å²) < 4.78 is 0. The van der Waals surface area contributed by atoms with Gasteiger partial charge in [0, 0.05) is 6.92 Å². The molecule has 0 fully saturated rings. The SMILES string of the molecule is CC(=O)N[C](CO)c1ccccc1. The molecule has 1 rings (SSSR count). The van der Waals surface area contributed by atoms with Crippen LogP contribution in [0.5, 0.6) is 0 Å². The minimum atomic E-state index is -0.173. The number of aliphatic hydroxyl groups is 1. The minimum Gasteiger partial charge on any atom is -0.393 e. The summed E-state index contributed by atoms with van der Waals surface area (Å²) in [5.74, 6) is -0.173. The zero-order valence-electron chi connectivity index (χ0n) is 7.45. The lowest BCUT2D eigenvalue weighted by molar-refractivity contribution is -0.118. The standard InChI is InChI=1S/C10H12NO2/c1-8(13)11-10(7-12)9-5-3-2-4-6-9/h2-6,12H,7H2,1H3,(H,11,13). The smallest absolute Gasteiger partial charge is 0.217 e. The number of nitrogens with one attached hydrogen (secondary N) is 1. The van der Waals surface area contributed by atoms with E-state index in [0.717, 1.165) is 5.56 Å². The summed E-state index contributed by atoms with van der Waals surface area (Å²) in [4.78, 5) is 10.7. The molecule has 3 nitrogen and oxygen atoms in total. The fourth-order valence-corrected chi connectivity index (χ4v) is 1.05. The summed E-state index contributed by atoms with van der Waals surface area (Å²) in [5, 5.41) is 11.6. The number of hydrogen-bond acceptors (Lipinski definition) is 2. The molecule has 69 valence electrons. The second-order valence-electron chi connectivity index (χ2n) is 2.68. The Labute approximate surface area is 77.4 Å². The Morgan fingerprint density at radius 2 is 2.00 bits per heavy atom. The van der Waals surface area contributed by atoms with Crippen molar-refractivity contribution in [3.05, 3.63) is 41.9 Å². The Hall–Kier alpha value is -1.35. The van der Waals surface area contributed by atoms with Gasteiger partial charge in [0.2, 0.25) is 5.91 Å². The van der Waals surface area contributed by atoms with Gasteiger partial charge in [-0.1, -0.05) is 30.3 Å². The number of hydrogen-bond donors (Lipinski definition) is 2. The van der Waals surface area contributed by atoms with E-state index in [0.29, 0.717) is 6.04 Å². The Kier molecular flexibility index (Phi) is 3.46. The average molecular weight is 178 g/mol. The number of carbonyl (C=O) groups is 1. The van der Waals surface area contributed by atoms with Crippen LogP contribution in [-0.4, -0.2) is 17.6 Å². The first-order valence-electron chi connectivity index (χ1n) is 4.03. The first kappa shape index (κ1) is 9.74. The molecule has 0 aliphatic heterocycles. The van der Waals surface area contributed by atoms with Gasteiger partial charge in [-0.25, -0.2) is 0 Å². The Balaban J connectivity index is 2.73. The minimum absolute atomic E-state index is 0.163. The molecule has 1 aromatic rings. The van der Waals surface area contributed by atoms with Crippen LogP contribution in [0.1, 0.15) is 12.5 Å². The molecule has 1 radical (unpaired) electrons. The molecule has 0 unspecified atom stereocenters. The van der Waals surface area contributed by atoms with E-state index in [9.17, 15) is 4.79 Å². The van der Waals surface area contributed by atoms with Crippen molar-refractivity contribution in [2.75, 3.05) is 6.61 Å². The van der Waals surface area contributed by atoms with E-state index in [-0.39, 0.29) is 12.5 Å². The maximum atomic E-state index is 10.7. The van der Waals surface area contributed by atoms with Crippen LogP contribution in [0, 0.1) is 6.04 Å². The molecule has 0 atom stereocenters. The monoisotopic (exact) mass is 178 g/mol. The highest BCUT2D eigenvalue weighted by Crippen LogP contribution is 2.09. The lowest BCUT2D eigenvalue weighted by Gasteiger charge is -2.13. The second kappa shape index (κ2) is 4.62. The lowest BCUT2D eigenvalue weighted by atomic mass is 10.1. The van der Waals surface area contributed by atoms with Crippen LogP contribution in [0.15, 0.2) is 30.3 Å². The molecule has 1 aromatic carbocycles. The quantitative estimate of drug-likeness (QED) is 0.715. The van der Waals surface area contributed by atoms with Gasteiger partial charge < -0.3 is 10.4 Å². The molecule has 0 saturated carbocycles. The molecule has 0 bridgehead atoms. The Bertz CT molecular complexity index is 272. The highest BCUT2D eigenvalue weighted by Gasteiger charge is 2.11. The molecular weight excluding hydrogens is 166 g/mol. The molecular formula is C10H12NO2. The predicted molar refractivity (Wildman–Crippen MR) is 49.7 cm³/mol. The van der Waals surface area contributed by atoms with Crippen LogP contribution < -0.4 is 5.32 Å². The third-order valence-corrected chi connectivity index (χ3v) is 1.61. The fraction of sp³-hybridized carbons (Fsp3) is 0.200. The molecule has 3 heteroatoms. The summed E-state index contributed by atoms with van der Waals surface area (Å²) in [7, 11) is 0. The summed E-state index contributed by atoms with van der Waals surface area (Å²) in [6, 6.07) is 9.79. The van der Waals surface area contributed by atoms with Gasteiger partial charge in [0.1, 0.15) is 6.04 Å². The fourth-order valence-electron chi connectivity index (χ4n) is 1.05. The molecule has 0 aromatic heterocycles. The molecule has 0 aliphatic rings. The first-order chi connectivity index (χ1) is 6.24. The molecule has 2 N–H and O–H groups in total. The Morgan fingerprint density at radius 3 is 2.46 bits per heavy atom. The first-order valence-corrected chi connectivity index (χ1v) is 4.03. The number of benzene rings is 1. The van der Waals surface area contributed by atoms with Crippen molar-refractivity contribution in [1.82, 2.24) is 5.32 Å². The summed E-state index contributed by atoms with van der Waals surface area (Å²) in [6.45, 7) is 1.25. The van der Waals surface area contributed by atoms with Gasteiger partial charge in [-0.3, -0.25) is 4.79 Å². The molecule has 0 spiro atoms. The topological polar surface area (TPSA) is 49.3 Å². The zero-order chi connectivity index (χ0) is 9.68. The third-order valence-electron chi connectivity index (χ3n) is 1.61. The van der Waals surface area contributed by atoms with Crippen LogP contribution in [0.25, 0.3) is 0 Å². The molecule has 0 aliphatic carbocycles. The summed E-state index contributed by atoms with van der Waals surface area (Å²) in [6.07, 6.45) is 0. The second-order valence-corrected chi connectivity index (χ2v) is 2.68. The van der Waals surface area contributed by atoms with Gasteiger partial charge >= 0.3 is 0 Å². The maximum Gasteiger partial charge on any atom is 0.217 e. The van der Waals surface area contributed by atoms with Crippen molar-refractivity contribution in [2.45, 2.75) is 6.92 Å². The van der Waals surface area contributed by atoms with Crippen LogP contribution in [0.4, 0.5) is 0 Å². The summed E-state index contributed by atoms with van der Waals surface area (Å²) >= 11 is 0. The molecule has 13 heavy (non-hydrogen) atoms.